The molecule has 3 heterocycles. The molecule has 0 bridgehead atoms. The Bertz CT molecular complexity index is 878. The van der Waals surface area contributed by atoms with Gasteiger partial charge in [0.15, 0.2) is 11.6 Å². The first-order valence-corrected chi connectivity index (χ1v) is 10.3. The van der Waals surface area contributed by atoms with E-state index in [0.29, 0.717) is 26.2 Å². The molecular weight excluding hydrogens is 390 g/mol. The van der Waals surface area contributed by atoms with E-state index in [2.05, 4.69) is 32.2 Å². The third-order valence-corrected chi connectivity index (χ3v) is 5.81. The zero-order chi connectivity index (χ0) is 21.1. The number of piperidine rings is 1. The van der Waals surface area contributed by atoms with Crippen LogP contribution in [-0.2, 0) is 0 Å². The molecule has 160 valence electrons. The maximum atomic E-state index is 13.7. The van der Waals surface area contributed by atoms with Crippen molar-refractivity contribution in [3.63, 3.8) is 0 Å². The Hall–Kier alpha value is -2.97. The van der Waals surface area contributed by atoms with E-state index < -0.39 is 17.7 Å². The number of hydrogen-bond donors (Lipinski definition) is 1. The topological polar surface area (TPSA) is 64.6 Å². The first-order chi connectivity index (χ1) is 14.5. The fourth-order valence-electron chi connectivity index (χ4n) is 3.82. The van der Waals surface area contributed by atoms with Crippen molar-refractivity contribution in [2.75, 3.05) is 54.4 Å². The van der Waals surface area contributed by atoms with Crippen molar-refractivity contribution in [3.05, 3.63) is 42.0 Å². The van der Waals surface area contributed by atoms with Crippen LogP contribution in [0, 0.1) is 17.6 Å². The van der Waals surface area contributed by atoms with Gasteiger partial charge in [0.1, 0.15) is 11.6 Å². The number of hydrogen-bond acceptors (Lipinski definition) is 5. The highest BCUT2D eigenvalue weighted by Crippen LogP contribution is 2.22. The molecule has 2 aliphatic heterocycles. The number of carbonyl (C=O) groups is 1. The lowest BCUT2D eigenvalue weighted by Crippen LogP contribution is -2.50. The molecule has 1 aromatic heterocycles. The molecule has 2 saturated heterocycles. The summed E-state index contributed by atoms with van der Waals surface area (Å²) in [6, 6.07) is 6.67. The van der Waals surface area contributed by atoms with Crippen LogP contribution < -0.4 is 15.1 Å². The Morgan fingerprint density at radius 2 is 1.53 bits per heavy atom. The van der Waals surface area contributed by atoms with Crippen molar-refractivity contribution in [2.45, 2.75) is 19.8 Å². The van der Waals surface area contributed by atoms with E-state index in [-0.39, 0.29) is 5.69 Å². The van der Waals surface area contributed by atoms with E-state index in [4.69, 9.17) is 0 Å². The van der Waals surface area contributed by atoms with Crippen LogP contribution in [0.5, 0.6) is 0 Å². The molecule has 0 unspecified atom stereocenters. The molecule has 4 rings (SSSR count). The summed E-state index contributed by atoms with van der Waals surface area (Å²) in [5.41, 5.74) is -0.0302. The van der Waals surface area contributed by atoms with Crippen LogP contribution in [-0.4, -0.2) is 60.4 Å². The number of halogens is 2. The van der Waals surface area contributed by atoms with E-state index in [0.717, 1.165) is 42.8 Å². The fraction of sp³-hybridized carbons (Fsp3) is 0.476. The number of carbonyl (C=O) groups excluding carboxylic acids is 1. The molecule has 9 heteroatoms. The lowest BCUT2D eigenvalue weighted by molar-refractivity contribution is 0.208. The number of nitrogens with zero attached hydrogens (tertiary/aromatic N) is 5. The summed E-state index contributed by atoms with van der Waals surface area (Å²) in [5.74, 6) is 0.988. The molecule has 1 N–H and O–H groups in total. The first-order valence-electron chi connectivity index (χ1n) is 10.3. The Morgan fingerprint density at radius 1 is 0.933 bits per heavy atom. The van der Waals surface area contributed by atoms with E-state index in [1.807, 2.05) is 12.1 Å². The number of piperazine rings is 1. The van der Waals surface area contributed by atoms with Crippen LogP contribution in [0.15, 0.2) is 30.3 Å². The zero-order valence-corrected chi connectivity index (χ0v) is 17.0. The quantitative estimate of drug-likeness (QED) is 0.832. The Kier molecular flexibility index (Phi) is 5.96. The predicted octanol–water partition coefficient (Wildman–Crippen LogP) is 3.35. The van der Waals surface area contributed by atoms with Crippen LogP contribution in [0.2, 0.25) is 0 Å². The summed E-state index contributed by atoms with van der Waals surface area (Å²) < 4.78 is 26.8. The Labute approximate surface area is 174 Å². The molecule has 2 amide bonds. The minimum atomic E-state index is -0.791. The van der Waals surface area contributed by atoms with Gasteiger partial charge in [-0.1, -0.05) is 6.92 Å². The van der Waals surface area contributed by atoms with Crippen LogP contribution in [0.25, 0.3) is 0 Å². The van der Waals surface area contributed by atoms with Gasteiger partial charge in [0.2, 0.25) is 0 Å². The number of anilines is 3. The SMILES string of the molecule is CC1CCN(c2ccc(N3CCN(C(=O)Nc4ccc(F)cc4F)CC3)nn2)CC1. The maximum Gasteiger partial charge on any atom is 0.322 e. The van der Waals surface area contributed by atoms with E-state index >= 15 is 0 Å². The molecule has 0 atom stereocenters. The van der Waals surface area contributed by atoms with Gasteiger partial charge in [-0.3, -0.25) is 0 Å². The summed E-state index contributed by atoms with van der Waals surface area (Å²) in [6.07, 6.45) is 2.35. The van der Waals surface area contributed by atoms with Gasteiger partial charge in [0.05, 0.1) is 5.69 Å². The van der Waals surface area contributed by atoms with Gasteiger partial charge in [0.25, 0.3) is 0 Å². The summed E-state index contributed by atoms with van der Waals surface area (Å²) in [6.45, 7) is 6.46. The van der Waals surface area contributed by atoms with Gasteiger partial charge in [-0.2, -0.15) is 0 Å². The van der Waals surface area contributed by atoms with Crippen molar-refractivity contribution in [3.8, 4) is 0 Å². The number of rotatable bonds is 3. The predicted molar refractivity (Wildman–Crippen MR) is 112 cm³/mol. The Balaban J connectivity index is 1.30. The molecule has 30 heavy (non-hydrogen) atoms. The van der Waals surface area contributed by atoms with E-state index in [9.17, 15) is 13.6 Å². The number of aromatic nitrogens is 2. The van der Waals surface area contributed by atoms with Crippen molar-refractivity contribution in [2.24, 2.45) is 5.92 Å². The molecule has 7 nitrogen and oxygen atoms in total. The molecule has 0 spiro atoms. The van der Waals surface area contributed by atoms with Gasteiger partial charge >= 0.3 is 6.03 Å². The van der Waals surface area contributed by atoms with Crippen LogP contribution in [0.4, 0.5) is 30.9 Å². The van der Waals surface area contributed by atoms with Crippen LogP contribution >= 0.6 is 0 Å². The van der Waals surface area contributed by atoms with Crippen molar-refractivity contribution < 1.29 is 13.6 Å². The minimum absolute atomic E-state index is 0.0302. The molecule has 1 aromatic carbocycles. The molecular formula is C21H26F2N6O. The van der Waals surface area contributed by atoms with E-state index in [1.54, 1.807) is 4.90 Å². The minimum Gasteiger partial charge on any atom is -0.355 e. The normalized spacial score (nSPS) is 17.9. The average molecular weight is 416 g/mol. The highest BCUT2D eigenvalue weighted by molar-refractivity contribution is 5.89. The zero-order valence-electron chi connectivity index (χ0n) is 17.0. The molecule has 2 aliphatic rings. The lowest BCUT2D eigenvalue weighted by Gasteiger charge is -2.35. The van der Waals surface area contributed by atoms with Gasteiger partial charge in [-0.15, -0.1) is 10.2 Å². The van der Waals surface area contributed by atoms with Gasteiger partial charge in [-0.25, -0.2) is 13.6 Å². The van der Waals surface area contributed by atoms with Gasteiger partial charge < -0.3 is 20.0 Å². The number of nitrogens with one attached hydrogen (secondary N) is 1. The molecule has 2 fully saturated rings. The summed E-state index contributed by atoms with van der Waals surface area (Å²) >= 11 is 0. The largest absolute Gasteiger partial charge is 0.355 e. The smallest absolute Gasteiger partial charge is 0.322 e. The number of urea groups is 1. The second-order valence-corrected chi connectivity index (χ2v) is 7.95. The van der Waals surface area contributed by atoms with Crippen molar-refractivity contribution >= 4 is 23.4 Å². The van der Waals surface area contributed by atoms with Gasteiger partial charge in [-0.05, 0) is 43.0 Å². The average Bonchev–Trinajstić information content (AvgIpc) is 2.76. The molecule has 0 aliphatic carbocycles. The second kappa shape index (κ2) is 8.81. The molecule has 2 aromatic rings. The van der Waals surface area contributed by atoms with Crippen LogP contribution in [0.1, 0.15) is 19.8 Å². The number of benzene rings is 1. The molecule has 0 saturated carbocycles. The maximum absolute atomic E-state index is 13.7. The van der Waals surface area contributed by atoms with Gasteiger partial charge in [0, 0.05) is 45.3 Å². The monoisotopic (exact) mass is 416 g/mol. The van der Waals surface area contributed by atoms with Crippen molar-refractivity contribution in [1.82, 2.24) is 15.1 Å². The fourth-order valence-corrected chi connectivity index (χ4v) is 3.82. The number of amides is 2. The lowest BCUT2D eigenvalue weighted by atomic mass is 9.99. The summed E-state index contributed by atoms with van der Waals surface area (Å²) in [5, 5.41) is 11.3. The van der Waals surface area contributed by atoms with Crippen LogP contribution in [0.3, 0.4) is 0 Å². The van der Waals surface area contributed by atoms with Crippen molar-refractivity contribution in [1.29, 1.82) is 0 Å². The standard InChI is InChI=1S/C21H26F2N6O/c1-15-6-8-27(9-7-15)19-4-5-20(26-25-19)28-10-12-29(13-11-28)21(30)24-18-3-2-16(22)14-17(18)23/h2-5,14-15H,6-13H2,1H3,(H,24,30). The highest BCUT2D eigenvalue weighted by atomic mass is 19.1. The first kappa shape index (κ1) is 20.3. The molecule has 0 radical (unpaired) electrons. The Morgan fingerprint density at radius 3 is 2.10 bits per heavy atom. The second-order valence-electron chi connectivity index (χ2n) is 7.95. The van der Waals surface area contributed by atoms with E-state index in [1.165, 1.54) is 18.9 Å². The summed E-state index contributed by atoms with van der Waals surface area (Å²) in [4.78, 5) is 18.4. The highest BCUT2D eigenvalue weighted by Gasteiger charge is 2.23. The third-order valence-electron chi connectivity index (χ3n) is 5.81. The summed E-state index contributed by atoms with van der Waals surface area (Å²) in [7, 11) is 0. The third kappa shape index (κ3) is 4.60.